The first-order valence-electron chi connectivity index (χ1n) is 3.74. The van der Waals surface area contributed by atoms with Crippen molar-refractivity contribution in [1.82, 2.24) is 5.32 Å². The molecule has 0 aromatic rings. The zero-order chi connectivity index (χ0) is 9.56. The van der Waals surface area contributed by atoms with Crippen molar-refractivity contribution in [3.8, 4) is 0 Å². The molecule has 4 N–H and O–H groups in total. The second-order valence-electron chi connectivity index (χ2n) is 2.71. The summed E-state index contributed by atoms with van der Waals surface area (Å²) in [6.45, 7) is 2.06. The average Bonchev–Trinajstić information content (AvgIpc) is 1.99. The summed E-state index contributed by atoms with van der Waals surface area (Å²) in [4.78, 5) is 20.8. The third-order valence-electron chi connectivity index (χ3n) is 1.36. The smallest absolute Gasteiger partial charge is 0.303 e. The predicted molar refractivity (Wildman–Crippen MR) is 43.5 cm³/mol. The van der Waals surface area contributed by atoms with E-state index in [1.807, 2.05) is 0 Å². The number of hydrogen-bond acceptors (Lipinski definition) is 3. The molecule has 0 aliphatic heterocycles. The number of carboxylic acid groups (broad SMARTS) is 1. The molecule has 70 valence electrons. The maximum atomic E-state index is 10.6. The molecule has 1 amide bonds. The van der Waals surface area contributed by atoms with E-state index < -0.39 is 5.97 Å². The van der Waals surface area contributed by atoms with Crippen LogP contribution in [0.5, 0.6) is 0 Å². The van der Waals surface area contributed by atoms with Crippen molar-refractivity contribution in [1.29, 1.82) is 0 Å². The van der Waals surface area contributed by atoms with Crippen LogP contribution in [0.3, 0.4) is 0 Å². The minimum absolute atomic E-state index is 0.0558. The highest BCUT2D eigenvalue weighted by molar-refractivity contribution is 5.77. The molecule has 5 heteroatoms. The molecule has 0 aromatic heterocycles. The lowest BCUT2D eigenvalue weighted by atomic mass is 10.1. The van der Waals surface area contributed by atoms with E-state index in [1.54, 1.807) is 6.92 Å². The topological polar surface area (TPSA) is 92.4 Å². The van der Waals surface area contributed by atoms with Gasteiger partial charge in [0.05, 0.1) is 6.54 Å². The van der Waals surface area contributed by atoms with Gasteiger partial charge in [0.1, 0.15) is 0 Å². The standard InChI is InChI=1S/C7H14N2O3/c1-5(2-7(11)12)4-9-6(10)3-8/h5H,2-4,8H2,1H3,(H,9,10)(H,11,12). The maximum absolute atomic E-state index is 10.6. The molecule has 0 saturated heterocycles. The van der Waals surface area contributed by atoms with E-state index in [0.717, 1.165) is 0 Å². The van der Waals surface area contributed by atoms with Crippen LogP contribution in [0.1, 0.15) is 13.3 Å². The van der Waals surface area contributed by atoms with Gasteiger partial charge in [-0.3, -0.25) is 9.59 Å². The Bertz CT molecular complexity index is 170. The summed E-state index contributed by atoms with van der Waals surface area (Å²) in [5.41, 5.74) is 5.03. The summed E-state index contributed by atoms with van der Waals surface area (Å²) in [6, 6.07) is 0. The molecule has 0 aliphatic carbocycles. The number of carbonyl (C=O) groups excluding carboxylic acids is 1. The first-order chi connectivity index (χ1) is 5.56. The highest BCUT2D eigenvalue weighted by atomic mass is 16.4. The monoisotopic (exact) mass is 174 g/mol. The van der Waals surface area contributed by atoms with E-state index in [2.05, 4.69) is 5.32 Å². The van der Waals surface area contributed by atoms with Crippen LogP contribution in [-0.2, 0) is 9.59 Å². The number of aliphatic carboxylic acids is 1. The van der Waals surface area contributed by atoms with Gasteiger partial charge in [0.25, 0.3) is 0 Å². The van der Waals surface area contributed by atoms with Gasteiger partial charge in [-0.2, -0.15) is 0 Å². The summed E-state index contributed by atoms with van der Waals surface area (Å²) in [7, 11) is 0. The third-order valence-corrected chi connectivity index (χ3v) is 1.36. The van der Waals surface area contributed by atoms with E-state index in [9.17, 15) is 9.59 Å². The fourth-order valence-electron chi connectivity index (χ4n) is 0.730. The van der Waals surface area contributed by atoms with Crippen molar-refractivity contribution in [3.63, 3.8) is 0 Å². The van der Waals surface area contributed by atoms with Gasteiger partial charge in [-0.25, -0.2) is 0 Å². The molecule has 0 heterocycles. The first kappa shape index (κ1) is 10.9. The zero-order valence-electron chi connectivity index (χ0n) is 7.04. The fraction of sp³-hybridized carbons (Fsp3) is 0.714. The molecule has 0 aliphatic rings. The summed E-state index contributed by atoms with van der Waals surface area (Å²) >= 11 is 0. The lowest BCUT2D eigenvalue weighted by Crippen LogP contribution is -2.33. The molecule has 0 radical (unpaired) electrons. The molecule has 0 rings (SSSR count). The van der Waals surface area contributed by atoms with Crippen molar-refractivity contribution in [2.75, 3.05) is 13.1 Å². The van der Waals surface area contributed by atoms with Crippen molar-refractivity contribution in [2.45, 2.75) is 13.3 Å². The molecule has 0 bridgehead atoms. The van der Waals surface area contributed by atoms with E-state index in [1.165, 1.54) is 0 Å². The van der Waals surface area contributed by atoms with Crippen molar-refractivity contribution >= 4 is 11.9 Å². The molecule has 0 aromatic carbocycles. The van der Waals surface area contributed by atoms with Crippen LogP contribution >= 0.6 is 0 Å². The van der Waals surface area contributed by atoms with E-state index >= 15 is 0 Å². The second-order valence-corrected chi connectivity index (χ2v) is 2.71. The number of rotatable bonds is 5. The van der Waals surface area contributed by atoms with Gasteiger partial charge < -0.3 is 16.2 Å². The minimum atomic E-state index is -0.857. The SMILES string of the molecule is CC(CNC(=O)CN)CC(=O)O. The molecule has 1 unspecified atom stereocenters. The minimum Gasteiger partial charge on any atom is -0.481 e. The van der Waals surface area contributed by atoms with Gasteiger partial charge in [-0.05, 0) is 5.92 Å². The largest absolute Gasteiger partial charge is 0.481 e. The fourth-order valence-corrected chi connectivity index (χ4v) is 0.730. The number of carboxylic acids is 1. The quantitative estimate of drug-likeness (QED) is 0.507. The molecule has 0 spiro atoms. The van der Waals surface area contributed by atoms with E-state index in [-0.39, 0.29) is 24.8 Å². The molecule has 0 saturated carbocycles. The number of amides is 1. The van der Waals surface area contributed by atoms with Gasteiger partial charge >= 0.3 is 5.97 Å². The molecular weight excluding hydrogens is 160 g/mol. The van der Waals surface area contributed by atoms with Gasteiger partial charge in [0.15, 0.2) is 0 Å². The van der Waals surface area contributed by atoms with Gasteiger partial charge in [0.2, 0.25) is 5.91 Å². The summed E-state index contributed by atoms with van der Waals surface area (Å²) in [6.07, 6.45) is 0.0604. The Morgan fingerprint density at radius 3 is 2.58 bits per heavy atom. The van der Waals surface area contributed by atoms with Crippen LogP contribution in [0.4, 0.5) is 0 Å². The van der Waals surface area contributed by atoms with Crippen LogP contribution in [0, 0.1) is 5.92 Å². The summed E-state index contributed by atoms with van der Waals surface area (Å²) in [5, 5.41) is 10.9. The van der Waals surface area contributed by atoms with E-state index in [4.69, 9.17) is 10.8 Å². The molecule has 1 atom stereocenters. The Balaban J connectivity index is 3.50. The number of carbonyl (C=O) groups is 2. The Kier molecular flexibility index (Phi) is 5.03. The van der Waals surface area contributed by atoms with Gasteiger partial charge in [0, 0.05) is 13.0 Å². The van der Waals surface area contributed by atoms with Crippen molar-refractivity contribution < 1.29 is 14.7 Å². The average molecular weight is 174 g/mol. The molecule has 0 fully saturated rings. The number of nitrogens with two attached hydrogens (primary N) is 1. The highest BCUT2D eigenvalue weighted by Crippen LogP contribution is 1.98. The third kappa shape index (κ3) is 5.67. The molecule has 5 nitrogen and oxygen atoms in total. The lowest BCUT2D eigenvalue weighted by Gasteiger charge is -2.08. The Labute approximate surface area is 70.9 Å². The van der Waals surface area contributed by atoms with Crippen LogP contribution in [0.15, 0.2) is 0 Å². The van der Waals surface area contributed by atoms with E-state index in [0.29, 0.717) is 6.54 Å². The Hall–Kier alpha value is -1.10. The predicted octanol–water partition coefficient (Wildman–Crippen LogP) is -0.828. The Morgan fingerprint density at radius 2 is 2.17 bits per heavy atom. The molecule has 12 heavy (non-hydrogen) atoms. The zero-order valence-corrected chi connectivity index (χ0v) is 7.04. The Morgan fingerprint density at radius 1 is 1.58 bits per heavy atom. The summed E-state index contributed by atoms with van der Waals surface area (Å²) in [5.74, 6) is -1.17. The van der Waals surface area contributed by atoms with Crippen LogP contribution in [-0.4, -0.2) is 30.1 Å². The first-order valence-corrected chi connectivity index (χ1v) is 3.74. The van der Waals surface area contributed by atoms with Crippen LogP contribution in [0.2, 0.25) is 0 Å². The van der Waals surface area contributed by atoms with Crippen molar-refractivity contribution in [3.05, 3.63) is 0 Å². The second kappa shape index (κ2) is 5.54. The molecular formula is C7H14N2O3. The number of hydrogen-bond donors (Lipinski definition) is 3. The van der Waals surface area contributed by atoms with Gasteiger partial charge in [-0.15, -0.1) is 0 Å². The number of nitrogens with one attached hydrogen (secondary N) is 1. The lowest BCUT2D eigenvalue weighted by molar-refractivity contribution is -0.138. The normalized spacial score (nSPS) is 12.2. The summed E-state index contributed by atoms with van der Waals surface area (Å²) < 4.78 is 0. The highest BCUT2D eigenvalue weighted by Gasteiger charge is 2.07. The van der Waals surface area contributed by atoms with Gasteiger partial charge in [-0.1, -0.05) is 6.92 Å². The van der Waals surface area contributed by atoms with Crippen LogP contribution < -0.4 is 11.1 Å². The van der Waals surface area contributed by atoms with Crippen molar-refractivity contribution in [2.24, 2.45) is 11.7 Å². The maximum Gasteiger partial charge on any atom is 0.303 e. The van der Waals surface area contributed by atoms with Crippen LogP contribution in [0.25, 0.3) is 0 Å².